The number of carbonyl (C=O) groups is 2. The Morgan fingerprint density at radius 3 is 2.44 bits per heavy atom. The van der Waals surface area contributed by atoms with E-state index in [0.29, 0.717) is 28.9 Å². The lowest BCUT2D eigenvalue weighted by atomic mass is 10.1. The summed E-state index contributed by atoms with van der Waals surface area (Å²) in [5, 5.41) is 7.39. The van der Waals surface area contributed by atoms with E-state index >= 15 is 0 Å². The maximum absolute atomic E-state index is 12.7. The fourth-order valence-corrected chi connectivity index (χ4v) is 3.29. The molecule has 0 bridgehead atoms. The van der Waals surface area contributed by atoms with Crippen molar-refractivity contribution in [1.29, 1.82) is 0 Å². The predicted molar refractivity (Wildman–Crippen MR) is 94.8 cm³/mol. The summed E-state index contributed by atoms with van der Waals surface area (Å²) in [5.74, 6) is -0.686. The Balaban J connectivity index is 2.32. The number of hydrogen-bond acceptors (Lipinski definition) is 4. The Bertz CT molecular complexity index is 817. The SMILES string of the molecule is CCc1[nH]c(C(=O)N[C@H](C)c2c(C)nn(C)c2C)c(C)c1C(=O)OC. The van der Waals surface area contributed by atoms with Gasteiger partial charge in [-0.05, 0) is 39.7 Å². The molecule has 1 atom stereocenters. The smallest absolute Gasteiger partial charge is 0.339 e. The fourth-order valence-electron chi connectivity index (χ4n) is 3.29. The Labute approximate surface area is 147 Å². The van der Waals surface area contributed by atoms with Crippen LogP contribution >= 0.6 is 0 Å². The van der Waals surface area contributed by atoms with Crippen LogP contribution in [-0.2, 0) is 18.2 Å². The molecule has 1 amide bonds. The summed E-state index contributed by atoms with van der Waals surface area (Å²) in [6.07, 6.45) is 0.606. The lowest BCUT2D eigenvalue weighted by Crippen LogP contribution is -2.28. The summed E-state index contributed by atoms with van der Waals surface area (Å²) in [4.78, 5) is 27.8. The number of amides is 1. The number of nitrogens with one attached hydrogen (secondary N) is 2. The topological polar surface area (TPSA) is 89.0 Å². The highest BCUT2D eigenvalue weighted by Crippen LogP contribution is 2.23. The molecule has 0 saturated heterocycles. The van der Waals surface area contributed by atoms with E-state index in [4.69, 9.17) is 4.74 Å². The van der Waals surface area contributed by atoms with Crippen LogP contribution in [0, 0.1) is 20.8 Å². The molecule has 2 aromatic rings. The molecule has 0 aliphatic heterocycles. The molecule has 0 aromatic carbocycles. The summed E-state index contributed by atoms with van der Waals surface area (Å²) in [6.45, 7) is 9.50. The molecule has 2 N–H and O–H groups in total. The van der Waals surface area contributed by atoms with Crippen molar-refractivity contribution in [2.75, 3.05) is 7.11 Å². The minimum Gasteiger partial charge on any atom is -0.465 e. The Hall–Kier alpha value is -2.57. The van der Waals surface area contributed by atoms with Crippen molar-refractivity contribution in [3.8, 4) is 0 Å². The van der Waals surface area contributed by atoms with Gasteiger partial charge in [0.1, 0.15) is 5.69 Å². The van der Waals surface area contributed by atoms with Crippen molar-refractivity contribution in [2.45, 2.75) is 47.1 Å². The third-order valence-electron chi connectivity index (χ3n) is 4.64. The van der Waals surface area contributed by atoms with Gasteiger partial charge in [-0.15, -0.1) is 0 Å². The Kier molecular flexibility index (Phi) is 5.35. The number of rotatable bonds is 5. The van der Waals surface area contributed by atoms with Crippen molar-refractivity contribution < 1.29 is 14.3 Å². The van der Waals surface area contributed by atoms with Gasteiger partial charge in [0.2, 0.25) is 0 Å². The molecule has 2 aromatic heterocycles. The number of methoxy groups -OCH3 is 1. The van der Waals surface area contributed by atoms with E-state index in [1.165, 1.54) is 7.11 Å². The van der Waals surface area contributed by atoms with E-state index in [2.05, 4.69) is 15.4 Å². The zero-order chi connectivity index (χ0) is 18.9. The predicted octanol–water partition coefficient (Wildman–Crippen LogP) is 2.51. The zero-order valence-corrected chi connectivity index (χ0v) is 15.9. The average Bonchev–Trinajstić information content (AvgIpc) is 3.02. The van der Waals surface area contributed by atoms with E-state index in [1.54, 1.807) is 11.6 Å². The molecule has 136 valence electrons. The summed E-state index contributed by atoms with van der Waals surface area (Å²) < 4.78 is 6.64. The second-order valence-corrected chi connectivity index (χ2v) is 6.23. The van der Waals surface area contributed by atoms with Gasteiger partial charge in [0.05, 0.1) is 24.4 Å². The maximum atomic E-state index is 12.7. The van der Waals surface area contributed by atoms with E-state index in [-0.39, 0.29) is 11.9 Å². The number of aryl methyl sites for hydroxylation is 3. The van der Waals surface area contributed by atoms with Crippen molar-refractivity contribution in [1.82, 2.24) is 20.1 Å². The number of H-pyrrole nitrogens is 1. The lowest BCUT2D eigenvalue weighted by molar-refractivity contribution is 0.0599. The van der Waals surface area contributed by atoms with Crippen LogP contribution in [0.25, 0.3) is 0 Å². The lowest BCUT2D eigenvalue weighted by Gasteiger charge is -2.15. The van der Waals surface area contributed by atoms with Gasteiger partial charge < -0.3 is 15.0 Å². The zero-order valence-electron chi connectivity index (χ0n) is 15.9. The second-order valence-electron chi connectivity index (χ2n) is 6.23. The van der Waals surface area contributed by atoms with Gasteiger partial charge in [0.15, 0.2) is 0 Å². The largest absolute Gasteiger partial charge is 0.465 e. The maximum Gasteiger partial charge on any atom is 0.339 e. The monoisotopic (exact) mass is 346 g/mol. The Morgan fingerprint density at radius 1 is 1.32 bits per heavy atom. The average molecular weight is 346 g/mol. The van der Waals surface area contributed by atoms with Crippen molar-refractivity contribution >= 4 is 11.9 Å². The normalized spacial score (nSPS) is 12.1. The number of carbonyl (C=O) groups excluding carboxylic acids is 2. The number of ether oxygens (including phenoxy) is 1. The molecule has 0 radical (unpaired) electrons. The number of aromatic amines is 1. The number of esters is 1. The van der Waals surface area contributed by atoms with Crippen LogP contribution in [0.3, 0.4) is 0 Å². The quantitative estimate of drug-likeness (QED) is 0.814. The van der Waals surface area contributed by atoms with E-state index in [9.17, 15) is 9.59 Å². The van der Waals surface area contributed by atoms with Gasteiger partial charge in [-0.1, -0.05) is 6.92 Å². The highest BCUT2D eigenvalue weighted by atomic mass is 16.5. The van der Waals surface area contributed by atoms with Crippen molar-refractivity contribution in [2.24, 2.45) is 7.05 Å². The first kappa shape index (κ1) is 18.8. The van der Waals surface area contributed by atoms with Gasteiger partial charge in [-0.3, -0.25) is 9.48 Å². The van der Waals surface area contributed by atoms with Crippen LogP contribution in [0.15, 0.2) is 0 Å². The molecular formula is C18H26N4O3. The molecule has 7 nitrogen and oxygen atoms in total. The molecular weight excluding hydrogens is 320 g/mol. The molecule has 0 fully saturated rings. The summed E-state index contributed by atoms with van der Waals surface area (Å²) in [5.41, 5.74) is 5.05. The van der Waals surface area contributed by atoms with Crippen LogP contribution < -0.4 is 5.32 Å². The number of aromatic nitrogens is 3. The van der Waals surface area contributed by atoms with E-state index < -0.39 is 5.97 Å². The molecule has 0 aliphatic carbocycles. The summed E-state index contributed by atoms with van der Waals surface area (Å²) >= 11 is 0. The van der Waals surface area contributed by atoms with Crippen LogP contribution in [0.4, 0.5) is 0 Å². The molecule has 7 heteroatoms. The standard InChI is InChI=1S/C18H26N4O3/c1-8-13-14(18(24)25-7)9(2)16(20-13)17(23)19-10(3)15-11(4)21-22(6)12(15)5/h10,20H,8H2,1-7H3,(H,19,23)/t10-/m1/s1. The van der Waals surface area contributed by atoms with Gasteiger partial charge in [0, 0.05) is 24.0 Å². The van der Waals surface area contributed by atoms with Crippen LogP contribution in [0.2, 0.25) is 0 Å². The minimum absolute atomic E-state index is 0.199. The van der Waals surface area contributed by atoms with Crippen LogP contribution in [0.5, 0.6) is 0 Å². The third kappa shape index (κ3) is 3.31. The first-order valence-corrected chi connectivity index (χ1v) is 8.33. The first-order valence-electron chi connectivity index (χ1n) is 8.33. The highest BCUT2D eigenvalue weighted by molar-refractivity contribution is 6.00. The minimum atomic E-state index is -0.434. The summed E-state index contributed by atoms with van der Waals surface area (Å²) in [6, 6.07) is -0.199. The second kappa shape index (κ2) is 7.13. The first-order chi connectivity index (χ1) is 11.7. The molecule has 2 rings (SSSR count). The number of hydrogen-bond donors (Lipinski definition) is 2. The van der Waals surface area contributed by atoms with E-state index in [0.717, 1.165) is 17.0 Å². The highest BCUT2D eigenvalue weighted by Gasteiger charge is 2.25. The van der Waals surface area contributed by atoms with Gasteiger partial charge >= 0.3 is 5.97 Å². The van der Waals surface area contributed by atoms with Gasteiger partial charge in [0.25, 0.3) is 5.91 Å². The van der Waals surface area contributed by atoms with Crippen molar-refractivity contribution in [3.05, 3.63) is 39.5 Å². The van der Waals surface area contributed by atoms with Crippen molar-refractivity contribution in [3.63, 3.8) is 0 Å². The molecule has 0 aliphatic rings. The molecule has 0 spiro atoms. The van der Waals surface area contributed by atoms with E-state index in [1.807, 2.05) is 34.7 Å². The fraction of sp³-hybridized carbons (Fsp3) is 0.500. The third-order valence-corrected chi connectivity index (χ3v) is 4.64. The molecule has 0 saturated carbocycles. The van der Waals surface area contributed by atoms with Crippen LogP contribution in [0.1, 0.15) is 68.9 Å². The molecule has 2 heterocycles. The Morgan fingerprint density at radius 2 is 1.96 bits per heavy atom. The van der Waals surface area contributed by atoms with Gasteiger partial charge in [-0.2, -0.15) is 5.10 Å². The molecule has 0 unspecified atom stereocenters. The number of nitrogens with zero attached hydrogens (tertiary/aromatic N) is 2. The van der Waals surface area contributed by atoms with Gasteiger partial charge in [-0.25, -0.2) is 4.79 Å². The molecule has 25 heavy (non-hydrogen) atoms. The van der Waals surface area contributed by atoms with Crippen LogP contribution in [-0.4, -0.2) is 33.8 Å². The summed E-state index contributed by atoms with van der Waals surface area (Å²) in [7, 11) is 3.22.